The molecule has 2 amide bonds. The number of aliphatic hydroxyl groups excluding tert-OH is 1. The second-order valence-electron chi connectivity index (χ2n) is 10.2. The van der Waals surface area contributed by atoms with Gasteiger partial charge in [0.1, 0.15) is 24.8 Å². The Morgan fingerprint density at radius 1 is 1.09 bits per heavy atom. The molecule has 3 aromatic rings. The van der Waals surface area contributed by atoms with Crippen LogP contribution in [0.5, 0.6) is 17.2 Å². The summed E-state index contributed by atoms with van der Waals surface area (Å²) in [6.45, 7) is 7.70. The molecule has 0 aromatic heterocycles. The summed E-state index contributed by atoms with van der Waals surface area (Å²) in [4.78, 5) is 24.6. The first-order chi connectivity index (χ1) is 22.2. The molecule has 0 spiro atoms. The Bertz CT molecular complexity index is 1610. The largest absolute Gasteiger partial charge is 0.490 e. The van der Waals surface area contributed by atoms with Crippen LogP contribution in [0.25, 0.3) is 0 Å². The number of nitrogens with one attached hydrogen (secondary N) is 3. The Kier molecular flexibility index (Phi) is 11.7. The van der Waals surface area contributed by atoms with Crippen LogP contribution in [0.2, 0.25) is 0 Å². The van der Waals surface area contributed by atoms with Gasteiger partial charge >= 0.3 is 12.0 Å². The van der Waals surface area contributed by atoms with Gasteiger partial charge in [-0.2, -0.15) is 5.10 Å². The lowest BCUT2D eigenvalue weighted by atomic mass is 9.95. The predicted octanol–water partition coefficient (Wildman–Crippen LogP) is 4.65. The van der Waals surface area contributed by atoms with Gasteiger partial charge in [-0.3, -0.25) is 5.43 Å². The minimum absolute atomic E-state index is 0.162. The van der Waals surface area contributed by atoms with Crippen molar-refractivity contribution in [3.63, 3.8) is 0 Å². The minimum Gasteiger partial charge on any atom is -0.490 e. The van der Waals surface area contributed by atoms with Gasteiger partial charge in [0.05, 0.1) is 31.5 Å². The molecule has 0 aliphatic carbocycles. The topological polar surface area (TPSA) is 140 Å². The number of hydrogen-bond donors (Lipinski definition) is 4. The van der Waals surface area contributed by atoms with Crippen LogP contribution in [0.1, 0.15) is 42.1 Å². The van der Waals surface area contributed by atoms with Crippen molar-refractivity contribution in [3.05, 3.63) is 113 Å². The number of aliphatic hydroxyl groups is 1. The Balaban J connectivity index is 1.37. The fourth-order valence-electron chi connectivity index (χ4n) is 4.70. The Morgan fingerprint density at radius 2 is 1.85 bits per heavy atom. The summed E-state index contributed by atoms with van der Waals surface area (Å²) in [6.07, 6.45) is 2.73. The van der Waals surface area contributed by atoms with Crippen molar-refractivity contribution < 1.29 is 38.0 Å². The van der Waals surface area contributed by atoms with Crippen LogP contribution in [0.15, 0.2) is 89.7 Å². The highest BCUT2D eigenvalue weighted by Crippen LogP contribution is 2.35. The highest BCUT2D eigenvalue weighted by Gasteiger charge is 2.32. The first kappa shape index (κ1) is 33.5. The van der Waals surface area contributed by atoms with Crippen LogP contribution in [0.4, 0.5) is 9.18 Å². The smallest absolute Gasteiger partial charge is 0.337 e. The molecule has 1 heterocycles. The zero-order valence-electron chi connectivity index (χ0n) is 25.8. The predicted molar refractivity (Wildman–Crippen MR) is 170 cm³/mol. The molecule has 242 valence electrons. The van der Waals surface area contributed by atoms with Gasteiger partial charge in [0.15, 0.2) is 17.7 Å². The van der Waals surface area contributed by atoms with Crippen molar-refractivity contribution in [1.82, 2.24) is 16.1 Å². The zero-order valence-corrected chi connectivity index (χ0v) is 25.8. The normalized spacial score (nSPS) is 15.1. The zero-order chi connectivity index (χ0) is 33.1. The number of carbonyl (C=O) groups excluding carboxylic acids is 2. The standard InChI is InChI=1S/C34H37FN4O7/c1-5-7-24-16-23(10-14-27(24)45-19-22-8-12-26(35)13-9-22)18-36-39-30(40)20-46-28-15-11-25(17-29(28)44-6-2)32-31(33(41)43-4)21(3)37-34(42)38-32/h5,8-18,30,32,39-40H,1,6-7,19-20H2,2-4H3,(H2,37,38,42)/b36-18-/t30-,32+/m1/s1. The van der Waals surface area contributed by atoms with Crippen molar-refractivity contribution in [2.45, 2.75) is 39.1 Å². The molecule has 0 fully saturated rings. The van der Waals surface area contributed by atoms with E-state index >= 15 is 0 Å². The van der Waals surface area contributed by atoms with Crippen molar-refractivity contribution in [2.75, 3.05) is 20.3 Å². The fourth-order valence-corrected chi connectivity index (χ4v) is 4.70. The summed E-state index contributed by atoms with van der Waals surface area (Å²) in [5, 5.41) is 19.9. The Labute approximate surface area is 266 Å². The molecule has 1 aliphatic rings. The van der Waals surface area contributed by atoms with Gasteiger partial charge in [-0.1, -0.05) is 24.3 Å². The van der Waals surface area contributed by atoms with E-state index in [-0.39, 0.29) is 18.0 Å². The lowest BCUT2D eigenvalue weighted by molar-refractivity contribution is -0.136. The van der Waals surface area contributed by atoms with Crippen LogP contribution in [0, 0.1) is 5.82 Å². The van der Waals surface area contributed by atoms with Gasteiger partial charge in [0, 0.05) is 5.70 Å². The Hall–Kier alpha value is -5.36. The lowest BCUT2D eigenvalue weighted by Gasteiger charge is -2.28. The van der Waals surface area contributed by atoms with Gasteiger partial charge in [0.25, 0.3) is 0 Å². The van der Waals surface area contributed by atoms with E-state index in [1.54, 1.807) is 49.5 Å². The van der Waals surface area contributed by atoms with Crippen LogP contribution in [-0.2, 0) is 22.6 Å². The molecule has 4 rings (SSSR count). The van der Waals surface area contributed by atoms with E-state index in [0.29, 0.717) is 48.1 Å². The highest BCUT2D eigenvalue weighted by molar-refractivity contribution is 5.95. The van der Waals surface area contributed by atoms with Crippen LogP contribution >= 0.6 is 0 Å². The van der Waals surface area contributed by atoms with Crippen LogP contribution in [0.3, 0.4) is 0 Å². The maximum Gasteiger partial charge on any atom is 0.337 e. The van der Waals surface area contributed by atoms with Crippen LogP contribution < -0.4 is 30.3 Å². The number of methoxy groups -OCH3 is 1. The van der Waals surface area contributed by atoms with E-state index in [4.69, 9.17) is 18.9 Å². The second kappa shape index (κ2) is 16.1. The fraction of sp³-hybridized carbons (Fsp3) is 0.265. The van der Waals surface area contributed by atoms with Crippen molar-refractivity contribution in [1.29, 1.82) is 0 Å². The molecule has 0 saturated carbocycles. The summed E-state index contributed by atoms with van der Waals surface area (Å²) < 4.78 is 35.6. The summed E-state index contributed by atoms with van der Waals surface area (Å²) in [5.41, 5.74) is 6.37. The molecule has 46 heavy (non-hydrogen) atoms. The third kappa shape index (κ3) is 8.85. The quantitative estimate of drug-likeness (QED) is 0.0624. The van der Waals surface area contributed by atoms with E-state index < -0.39 is 24.3 Å². The van der Waals surface area contributed by atoms with E-state index in [9.17, 15) is 19.1 Å². The maximum atomic E-state index is 13.2. The monoisotopic (exact) mass is 632 g/mol. The van der Waals surface area contributed by atoms with Gasteiger partial charge in [0.2, 0.25) is 0 Å². The highest BCUT2D eigenvalue weighted by atomic mass is 19.1. The first-order valence-electron chi connectivity index (χ1n) is 14.6. The number of esters is 1. The molecule has 0 saturated heterocycles. The van der Waals surface area contributed by atoms with E-state index in [1.807, 2.05) is 25.1 Å². The van der Waals surface area contributed by atoms with Crippen molar-refractivity contribution >= 4 is 18.2 Å². The van der Waals surface area contributed by atoms with E-state index in [1.165, 1.54) is 19.2 Å². The van der Waals surface area contributed by atoms with Gasteiger partial charge in [-0.15, -0.1) is 6.58 Å². The molecular weight excluding hydrogens is 595 g/mol. The first-order valence-corrected chi connectivity index (χ1v) is 14.6. The summed E-state index contributed by atoms with van der Waals surface area (Å²) in [6, 6.07) is 15.4. The number of ether oxygens (including phenoxy) is 4. The van der Waals surface area contributed by atoms with Crippen molar-refractivity contribution in [2.24, 2.45) is 5.10 Å². The SMILES string of the molecule is C=CCc1cc(/C=N\N[C@H](O)COc2ccc([C@@H]3NC(=O)NC(C)=C3C(=O)OC)cc2OCC)ccc1OCc1ccc(F)cc1. The molecule has 4 N–H and O–H groups in total. The third-order valence-corrected chi connectivity index (χ3v) is 6.87. The second-order valence-corrected chi connectivity index (χ2v) is 10.2. The average Bonchev–Trinajstić information content (AvgIpc) is 3.04. The number of hydrazone groups is 1. The molecule has 11 nitrogen and oxygen atoms in total. The van der Waals surface area contributed by atoms with E-state index in [2.05, 4.69) is 27.7 Å². The number of amides is 2. The molecule has 0 radical (unpaired) electrons. The number of urea groups is 1. The number of hydrogen-bond acceptors (Lipinski definition) is 9. The molecule has 3 aromatic carbocycles. The van der Waals surface area contributed by atoms with Crippen molar-refractivity contribution in [3.8, 4) is 17.2 Å². The molecule has 0 unspecified atom stereocenters. The average molecular weight is 633 g/mol. The summed E-state index contributed by atoms with van der Waals surface area (Å²) in [5.74, 6) is 0.507. The summed E-state index contributed by atoms with van der Waals surface area (Å²) in [7, 11) is 1.27. The van der Waals surface area contributed by atoms with E-state index in [0.717, 1.165) is 16.7 Å². The number of benzene rings is 3. The maximum absolute atomic E-state index is 13.2. The molecular formula is C34H37FN4O7. The lowest BCUT2D eigenvalue weighted by Crippen LogP contribution is -2.45. The summed E-state index contributed by atoms with van der Waals surface area (Å²) >= 11 is 0. The van der Waals surface area contributed by atoms with Crippen LogP contribution in [-0.4, -0.2) is 49.9 Å². The molecule has 1 aliphatic heterocycles. The number of halogens is 1. The number of allylic oxidation sites excluding steroid dienone is 2. The number of rotatable bonds is 15. The number of carbonyl (C=O) groups is 2. The molecule has 0 bridgehead atoms. The molecule has 12 heteroatoms. The third-order valence-electron chi connectivity index (χ3n) is 6.87. The van der Waals surface area contributed by atoms with Gasteiger partial charge in [-0.25, -0.2) is 14.0 Å². The molecule has 2 atom stereocenters. The number of nitrogens with zero attached hydrogens (tertiary/aromatic N) is 1. The Morgan fingerprint density at radius 3 is 2.57 bits per heavy atom. The minimum atomic E-state index is -1.16. The van der Waals surface area contributed by atoms with Gasteiger partial charge in [-0.05, 0) is 85.0 Å². The van der Waals surface area contributed by atoms with Gasteiger partial charge < -0.3 is 34.7 Å².